The molecule has 0 spiro atoms. The lowest BCUT2D eigenvalue weighted by Crippen LogP contribution is -2.35. The predicted molar refractivity (Wildman–Crippen MR) is 83.5 cm³/mol. The summed E-state index contributed by atoms with van der Waals surface area (Å²) in [6.45, 7) is 2.31. The van der Waals surface area contributed by atoms with Gasteiger partial charge in [-0.1, -0.05) is 13.3 Å². The predicted octanol–water partition coefficient (Wildman–Crippen LogP) is 2.46. The molecular formula is C14H20ClN3O3. The van der Waals surface area contributed by atoms with E-state index < -0.39 is 6.04 Å². The van der Waals surface area contributed by atoms with E-state index in [9.17, 15) is 4.79 Å². The lowest BCUT2D eigenvalue weighted by atomic mass is 10.1. The van der Waals surface area contributed by atoms with E-state index in [-0.39, 0.29) is 18.3 Å². The standard InChI is InChI=1S/C14H19N3O3.ClH/c1-3-4-10(15)14(18)16-9-5-6-12-11(7-9)17-13(20-12)8-19-2;/h5-7,10H,3-4,8,15H2,1-2H3,(H,16,18);1H. The van der Waals surface area contributed by atoms with Crippen molar-refractivity contribution in [3.8, 4) is 0 Å². The third kappa shape index (κ3) is 4.42. The molecule has 21 heavy (non-hydrogen) atoms. The first-order valence-electron chi connectivity index (χ1n) is 6.59. The summed E-state index contributed by atoms with van der Waals surface area (Å²) >= 11 is 0. The number of halogens is 1. The van der Waals surface area contributed by atoms with Crippen LogP contribution in [0.25, 0.3) is 11.1 Å². The van der Waals surface area contributed by atoms with Crippen LogP contribution in [0.15, 0.2) is 22.6 Å². The number of methoxy groups -OCH3 is 1. The average Bonchev–Trinajstić information content (AvgIpc) is 2.81. The van der Waals surface area contributed by atoms with Crippen molar-refractivity contribution in [2.24, 2.45) is 5.73 Å². The van der Waals surface area contributed by atoms with E-state index in [0.717, 1.165) is 6.42 Å². The van der Waals surface area contributed by atoms with E-state index in [0.29, 0.717) is 35.7 Å². The van der Waals surface area contributed by atoms with Crippen molar-refractivity contribution in [3.05, 3.63) is 24.1 Å². The molecule has 1 amide bonds. The Hall–Kier alpha value is -1.63. The van der Waals surface area contributed by atoms with Crippen LogP contribution in [0.2, 0.25) is 0 Å². The molecule has 1 atom stereocenters. The quantitative estimate of drug-likeness (QED) is 0.855. The van der Waals surface area contributed by atoms with E-state index in [4.69, 9.17) is 14.9 Å². The molecule has 1 aromatic carbocycles. The number of hydrogen-bond acceptors (Lipinski definition) is 5. The van der Waals surface area contributed by atoms with E-state index >= 15 is 0 Å². The van der Waals surface area contributed by atoms with Crippen LogP contribution in [0.5, 0.6) is 0 Å². The summed E-state index contributed by atoms with van der Waals surface area (Å²) in [7, 11) is 1.58. The molecular weight excluding hydrogens is 294 g/mol. The van der Waals surface area contributed by atoms with Crippen LogP contribution < -0.4 is 11.1 Å². The van der Waals surface area contributed by atoms with Gasteiger partial charge >= 0.3 is 0 Å². The second-order valence-electron chi connectivity index (χ2n) is 4.61. The number of rotatable bonds is 6. The Morgan fingerprint density at radius 2 is 2.29 bits per heavy atom. The SMILES string of the molecule is CCCC(N)C(=O)Nc1ccc2oc(COC)nc2c1.Cl. The Bertz CT molecular complexity index is 600. The van der Waals surface area contributed by atoms with E-state index in [1.807, 2.05) is 6.92 Å². The summed E-state index contributed by atoms with van der Waals surface area (Å²) in [6.07, 6.45) is 1.54. The van der Waals surface area contributed by atoms with Crippen LogP contribution in [0.1, 0.15) is 25.7 Å². The molecule has 2 aromatic rings. The van der Waals surface area contributed by atoms with Crippen LogP contribution >= 0.6 is 12.4 Å². The summed E-state index contributed by atoms with van der Waals surface area (Å²) in [5, 5.41) is 2.78. The van der Waals surface area contributed by atoms with Gasteiger partial charge in [0, 0.05) is 12.8 Å². The zero-order valence-electron chi connectivity index (χ0n) is 12.1. The lowest BCUT2D eigenvalue weighted by molar-refractivity contribution is -0.117. The number of anilines is 1. The number of nitrogens with one attached hydrogen (secondary N) is 1. The number of nitrogens with two attached hydrogens (primary N) is 1. The molecule has 0 radical (unpaired) electrons. The summed E-state index contributed by atoms with van der Waals surface area (Å²) in [6, 6.07) is 4.80. The minimum atomic E-state index is -0.489. The lowest BCUT2D eigenvalue weighted by Gasteiger charge is -2.10. The highest BCUT2D eigenvalue weighted by atomic mass is 35.5. The van der Waals surface area contributed by atoms with Gasteiger partial charge in [0.1, 0.15) is 12.1 Å². The maximum atomic E-state index is 11.8. The Morgan fingerprint density at radius 1 is 1.52 bits per heavy atom. The fourth-order valence-corrected chi connectivity index (χ4v) is 1.92. The van der Waals surface area contributed by atoms with E-state index in [1.165, 1.54) is 0 Å². The molecule has 0 saturated heterocycles. The first-order valence-corrected chi connectivity index (χ1v) is 6.59. The molecule has 3 N–H and O–H groups in total. The molecule has 0 aliphatic rings. The molecule has 0 bridgehead atoms. The molecule has 6 nitrogen and oxygen atoms in total. The van der Waals surface area contributed by atoms with Crippen molar-refractivity contribution in [1.82, 2.24) is 4.98 Å². The average molecular weight is 314 g/mol. The minimum absolute atomic E-state index is 0. The van der Waals surface area contributed by atoms with E-state index in [2.05, 4.69) is 10.3 Å². The number of benzene rings is 1. The molecule has 116 valence electrons. The number of oxazole rings is 1. The summed E-state index contributed by atoms with van der Waals surface area (Å²) in [5.41, 5.74) is 7.77. The Balaban J connectivity index is 0.00000220. The van der Waals surface area contributed by atoms with Crippen molar-refractivity contribution in [3.63, 3.8) is 0 Å². The van der Waals surface area contributed by atoms with Crippen LogP contribution in [0.3, 0.4) is 0 Å². The van der Waals surface area contributed by atoms with Gasteiger partial charge in [0.05, 0.1) is 6.04 Å². The zero-order valence-corrected chi connectivity index (χ0v) is 12.9. The number of hydrogen-bond donors (Lipinski definition) is 2. The highest BCUT2D eigenvalue weighted by Crippen LogP contribution is 2.20. The molecule has 0 saturated carbocycles. The molecule has 1 unspecified atom stereocenters. The fourth-order valence-electron chi connectivity index (χ4n) is 1.92. The number of nitrogens with zero attached hydrogens (tertiary/aromatic N) is 1. The van der Waals surface area contributed by atoms with Crippen LogP contribution in [0.4, 0.5) is 5.69 Å². The third-order valence-corrected chi connectivity index (χ3v) is 2.90. The van der Waals surface area contributed by atoms with Gasteiger partial charge < -0.3 is 20.2 Å². The zero-order chi connectivity index (χ0) is 14.5. The number of aromatic nitrogens is 1. The molecule has 1 aromatic heterocycles. The van der Waals surface area contributed by atoms with Gasteiger partial charge in [-0.05, 0) is 24.6 Å². The summed E-state index contributed by atoms with van der Waals surface area (Å²) in [5.74, 6) is 0.320. The Labute approximate surface area is 129 Å². The second kappa shape index (κ2) is 7.97. The number of fused-ring (bicyclic) bond motifs is 1. The minimum Gasteiger partial charge on any atom is -0.438 e. The number of carbonyl (C=O) groups is 1. The largest absolute Gasteiger partial charge is 0.438 e. The molecule has 0 fully saturated rings. The topological polar surface area (TPSA) is 90.4 Å². The normalized spacial score (nSPS) is 12.0. The van der Waals surface area contributed by atoms with Crippen molar-refractivity contribution < 1.29 is 13.9 Å². The van der Waals surface area contributed by atoms with Crippen LogP contribution in [-0.4, -0.2) is 24.0 Å². The number of ether oxygens (including phenoxy) is 1. The number of carbonyl (C=O) groups excluding carboxylic acids is 1. The van der Waals surface area contributed by atoms with E-state index in [1.54, 1.807) is 25.3 Å². The van der Waals surface area contributed by atoms with Gasteiger partial charge in [0.2, 0.25) is 11.8 Å². The van der Waals surface area contributed by atoms with Gasteiger partial charge in [-0.15, -0.1) is 12.4 Å². The second-order valence-corrected chi connectivity index (χ2v) is 4.61. The van der Waals surface area contributed by atoms with Crippen molar-refractivity contribution in [2.75, 3.05) is 12.4 Å². The van der Waals surface area contributed by atoms with Crippen molar-refractivity contribution in [1.29, 1.82) is 0 Å². The fraction of sp³-hybridized carbons (Fsp3) is 0.429. The maximum absolute atomic E-state index is 11.8. The Kier molecular flexibility index (Phi) is 6.61. The van der Waals surface area contributed by atoms with Gasteiger partial charge in [-0.2, -0.15) is 0 Å². The van der Waals surface area contributed by atoms with Crippen molar-refractivity contribution >= 4 is 35.1 Å². The van der Waals surface area contributed by atoms with Crippen LogP contribution in [-0.2, 0) is 16.1 Å². The smallest absolute Gasteiger partial charge is 0.241 e. The monoisotopic (exact) mass is 313 g/mol. The Morgan fingerprint density at radius 3 is 2.95 bits per heavy atom. The number of amides is 1. The summed E-state index contributed by atoms with van der Waals surface area (Å²) < 4.78 is 10.4. The summed E-state index contributed by atoms with van der Waals surface area (Å²) in [4.78, 5) is 16.1. The van der Waals surface area contributed by atoms with Gasteiger partial charge in [-0.3, -0.25) is 4.79 Å². The highest BCUT2D eigenvalue weighted by Gasteiger charge is 2.13. The van der Waals surface area contributed by atoms with Crippen molar-refractivity contribution in [2.45, 2.75) is 32.4 Å². The van der Waals surface area contributed by atoms with Crippen LogP contribution in [0, 0.1) is 0 Å². The maximum Gasteiger partial charge on any atom is 0.241 e. The molecule has 0 aliphatic carbocycles. The molecule has 0 aliphatic heterocycles. The van der Waals surface area contributed by atoms with Gasteiger partial charge in [0.25, 0.3) is 0 Å². The molecule has 2 rings (SSSR count). The first-order chi connectivity index (χ1) is 9.63. The molecule has 1 heterocycles. The highest BCUT2D eigenvalue weighted by molar-refractivity contribution is 5.96. The van der Waals surface area contributed by atoms with Gasteiger partial charge in [0.15, 0.2) is 5.58 Å². The molecule has 7 heteroatoms. The first kappa shape index (κ1) is 17.4. The van der Waals surface area contributed by atoms with Gasteiger partial charge in [-0.25, -0.2) is 4.98 Å². The third-order valence-electron chi connectivity index (χ3n) is 2.90.